The first-order valence-electron chi connectivity index (χ1n) is 13.9. The summed E-state index contributed by atoms with van der Waals surface area (Å²) in [6, 6.07) is 0. The summed E-state index contributed by atoms with van der Waals surface area (Å²) >= 11 is 0. The minimum Gasteiger partial charge on any atom is -0.351 e. The van der Waals surface area contributed by atoms with Crippen molar-refractivity contribution in [2.45, 2.75) is 124 Å². The van der Waals surface area contributed by atoms with E-state index in [-0.39, 0.29) is 5.91 Å². The molecule has 1 rings (SSSR count). The second-order valence-electron chi connectivity index (χ2n) is 9.73. The van der Waals surface area contributed by atoms with Crippen LogP contribution in [0.3, 0.4) is 0 Å². The van der Waals surface area contributed by atoms with Crippen molar-refractivity contribution in [1.82, 2.24) is 5.32 Å². The van der Waals surface area contributed by atoms with E-state index in [1.807, 2.05) is 0 Å². The lowest BCUT2D eigenvalue weighted by Gasteiger charge is -2.33. The molecule has 1 aliphatic rings. The van der Waals surface area contributed by atoms with Gasteiger partial charge in [0, 0.05) is 13.3 Å². The molecule has 0 aromatic carbocycles. The second kappa shape index (κ2) is 19.3. The summed E-state index contributed by atoms with van der Waals surface area (Å²) in [5, 5.41) is 2.96. The van der Waals surface area contributed by atoms with E-state index in [0.717, 1.165) is 43.6 Å². The Morgan fingerprint density at radius 1 is 0.875 bits per heavy atom. The maximum Gasteiger partial charge on any atom is 0.217 e. The van der Waals surface area contributed by atoms with Gasteiger partial charge in [-0.25, -0.2) is 4.99 Å². The van der Waals surface area contributed by atoms with Gasteiger partial charge in [-0.1, -0.05) is 83.3 Å². The van der Waals surface area contributed by atoms with Crippen LogP contribution >= 0.6 is 0 Å². The van der Waals surface area contributed by atoms with Gasteiger partial charge in [0.2, 0.25) is 5.91 Å². The van der Waals surface area contributed by atoms with Crippen molar-refractivity contribution >= 4 is 11.7 Å². The second-order valence-corrected chi connectivity index (χ2v) is 9.73. The number of amidine groups is 1. The molecule has 0 saturated heterocycles. The van der Waals surface area contributed by atoms with Gasteiger partial charge in [0.15, 0.2) is 5.84 Å². The van der Waals surface area contributed by atoms with E-state index < -0.39 is 0 Å². The third-order valence-corrected chi connectivity index (χ3v) is 7.05. The molecule has 0 bridgehead atoms. The lowest BCUT2D eigenvalue weighted by Crippen LogP contribution is -2.54. The molecular formula is C28H54N3O+. The zero-order valence-electron chi connectivity index (χ0n) is 21.8. The zero-order chi connectivity index (χ0) is 23.3. The predicted octanol–water partition coefficient (Wildman–Crippen LogP) is 7.19. The van der Waals surface area contributed by atoms with Gasteiger partial charge in [-0.15, -0.1) is 0 Å². The number of hydrogen-bond acceptors (Lipinski definition) is 2. The molecule has 0 aromatic rings. The average Bonchev–Trinajstić information content (AvgIpc) is 3.18. The first kappa shape index (κ1) is 28.9. The van der Waals surface area contributed by atoms with Crippen LogP contribution in [-0.4, -0.2) is 48.9 Å². The number of carbonyl (C=O) groups excluding carboxylic acids is 1. The summed E-state index contributed by atoms with van der Waals surface area (Å²) in [6.45, 7) is 11.0. The molecule has 1 N–H and O–H groups in total. The number of nitrogens with one attached hydrogen (secondary N) is 1. The number of nitrogens with zero attached hydrogens (tertiary/aromatic N) is 2. The van der Waals surface area contributed by atoms with E-state index in [1.165, 1.54) is 102 Å². The topological polar surface area (TPSA) is 41.5 Å². The van der Waals surface area contributed by atoms with Gasteiger partial charge in [0.25, 0.3) is 0 Å². The Morgan fingerprint density at radius 2 is 1.44 bits per heavy atom. The molecule has 1 aliphatic heterocycles. The standard InChI is InChI=1S/C28H53N3O/c1-4-6-7-8-9-10-11-12-13-14-15-16-17-18-19-20-21-22-28-30-24-26-31(28,5-2)25-23-29-27(3)32/h14-15H,4-13,16-26H2,1-3H3/p+1/b15-14+. The number of allylic oxidation sites excluding steroid dienone is 2. The predicted molar refractivity (Wildman–Crippen MR) is 140 cm³/mol. The van der Waals surface area contributed by atoms with Gasteiger partial charge < -0.3 is 5.32 Å². The summed E-state index contributed by atoms with van der Waals surface area (Å²) < 4.78 is 0.990. The monoisotopic (exact) mass is 448 g/mol. The molecular weight excluding hydrogens is 394 g/mol. The molecule has 0 aromatic heterocycles. The van der Waals surface area contributed by atoms with E-state index in [1.54, 1.807) is 6.92 Å². The van der Waals surface area contributed by atoms with Crippen LogP contribution in [0.25, 0.3) is 0 Å². The minimum absolute atomic E-state index is 0.0694. The van der Waals surface area contributed by atoms with Gasteiger partial charge >= 0.3 is 0 Å². The molecule has 4 heteroatoms. The summed E-state index contributed by atoms with van der Waals surface area (Å²) in [7, 11) is 0. The highest BCUT2D eigenvalue weighted by atomic mass is 16.1. The van der Waals surface area contributed by atoms with E-state index >= 15 is 0 Å². The summed E-state index contributed by atoms with van der Waals surface area (Å²) in [5.74, 6) is 1.45. The Hall–Kier alpha value is -1.16. The highest BCUT2D eigenvalue weighted by Crippen LogP contribution is 2.20. The van der Waals surface area contributed by atoms with Crippen LogP contribution in [0.4, 0.5) is 0 Å². The molecule has 0 radical (unpaired) electrons. The Bertz CT molecular complexity index is 529. The lowest BCUT2D eigenvalue weighted by atomic mass is 10.1. The zero-order valence-corrected chi connectivity index (χ0v) is 21.8. The van der Waals surface area contributed by atoms with Crippen molar-refractivity contribution < 1.29 is 9.28 Å². The van der Waals surface area contributed by atoms with Gasteiger partial charge in [-0.2, -0.15) is 0 Å². The lowest BCUT2D eigenvalue weighted by molar-refractivity contribution is -0.833. The average molecular weight is 449 g/mol. The molecule has 1 heterocycles. The highest BCUT2D eigenvalue weighted by Gasteiger charge is 2.35. The van der Waals surface area contributed by atoms with Crippen molar-refractivity contribution in [1.29, 1.82) is 0 Å². The summed E-state index contributed by atoms with van der Waals surface area (Å²) in [5.41, 5.74) is 0. The van der Waals surface area contributed by atoms with Crippen LogP contribution in [0.1, 0.15) is 124 Å². The first-order valence-corrected chi connectivity index (χ1v) is 13.9. The van der Waals surface area contributed by atoms with Gasteiger partial charge in [0.1, 0.15) is 13.1 Å². The molecule has 0 saturated carbocycles. The smallest absolute Gasteiger partial charge is 0.217 e. The van der Waals surface area contributed by atoms with Crippen LogP contribution in [0.15, 0.2) is 17.1 Å². The fourth-order valence-corrected chi connectivity index (χ4v) is 4.86. The number of rotatable bonds is 21. The Labute approximate surface area is 199 Å². The quantitative estimate of drug-likeness (QED) is 0.113. The van der Waals surface area contributed by atoms with Crippen LogP contribution in [0.5, 0.6) is 0 Å². The van der Waals surface area contributed by atoms with Gasteiger partial charge in [-0.3, -0.25) is 9.28 Å². The van der Waals surface area contributed by atoms with Gasteiger partial charge in [0.05, 0.1) is 19.6 Å². The number of amides is 1. The van der Waals surface area contributed by atoms with Gasteiger partial charge in [-0.05, 0) is 39.0 Å². The van der Waals surface area contributed by atoms with E-state index in [9.17, 15) is 4.79 Å². The highest BCUT2D eigenvalue weighted by molar-refractivity contribution is 5.77. The number of hydrogen-bond donors (Lipinski definition) is 1. The Morgan fingerprint density at radius 3 is 2.00 bits per heavy atom. The van der Waals surface area contributed by atoms with E-state index in [0.29, 0.717) is 0 Å². The molecule has 0 spiro atoms. The molecule has 1 amide bonds. The largest absolute Gasteiger partial charge is 0.351 e. The third-order valence-electron chi connectivity index (χ3n) is 7.05. The number of aliphatic imine (C=N–C) groups is 1. The molecule has 32 heavy (non-hydrogen) atoms. The number of quaternary nitrogens is 1. The third kappa shape index (κ3) is 13.4. The van der Waals surface area contributed by atoms with E-state index in [4.69, 9.17) is 4.99 Å². The maximum absolute atomic E-state index is 11.2. The first-order chi connectivity index (χ1) is 15.6. The van der Waals surface area contributed by atoms with Crippen LogP contribution < -0.4 is 5.32 Å². The van der Waals surface area contributed by atoms with Crippen molar-refractivity contribution in [3.8, 4) is 0 Å². The Balaban J connectivity index is 1.97. The van der Waals surface area contributed by atoms with Crippen molar-refractivity contribution in [2.24, 2.45) is 4.99 Å². The SMILES string of the molecule is CCCCCCCCCC/C=C/CCCCCCCC1=NCC[N+]1(CC)CCNC(C)=O. The summed E-state index contributed by atoms with van der Waals surface area (Å²) in [6.07, 6.45) is 26.4. The fraction of sp³-hybridized carbons (Fsp3) is 0.857. The van der Waals surface area contributed by atoms with Crippen molar-refractivity contribution in [3.05, 3.63) is 12.2 Å². The normalized spacial score (nSPS) is 18.4. The number of likely N-dealkylation sites (N-methyl/N-ethyl adjacent to an activating group) is 1. The molecule has 186 valence electrons. The van der Waals surface area contributed by atoms with Crippen molar-refractivity contribution in [3.63, 3.8) is 0 Å². The van der Waals surface area contributed by atoms with Crippen LogP contribution in [0, 0.1) is 0 Å². The number of unbranched alkanes of at least 4 members (excludes halogenated alkanes) is 13. The van der Waals surface area contributed by atoms with Crippen LogP contribution in [0.2, 0.25) is 0 Å². The summed E-state index contributed by atoms with van der Waals surface area (Å²) in [4.78, 5) is 16.0. The van der Waals surface area contributed by atoms with Crippen molar-refractivity contribution in [2.75, 3.05) is 32.7 Å². The van der Waals surface area contributed by atoms with E-state index in [2.05, 4.69) is 31.3 Å². The number of carbonyl (C=O) groups is 1. The minimum atomic E-state index is 0.0694. The Kier molecular flexibility index (Phi) is 17.4. The fourth-order valence-electron chi connectivity index (χ4n) is 4.86. The molecule has 1 unspecified atom stereocenters. The maximum atomic E-state index is 11.2. The molecule has 0 fully saturated rings. The molecule has 1 atom stereocenters. The van der Waals surface area contributed by atoms with Crippen LogP contribution in [-0.2, 0) is 4.79 Å². The molecule has 4 nitrogen and oxygen atoms in total. The molecule has 0 aliphatic carbocycles.